The number of nitrogens with zero attached hydrogens (tertiary/aromatic N) is 3. The molecule has 1 unspecified atom stereocenters. The maximum absolute atomic E-state index is 13.2. The molecule has 2 heterocycles. The lowest BCUT2D eigenvalue weighted by Crippen LogP contribution is -2.31. The van der Waals surface area contributed by atoms with Gasteiger partial charge < -0.3 is 19.6 Å². The number of carbonyl (C=O) groups excluding carboxylic acids is 1. The molecule has 0 radical (unpaired) electrons. The van der Waals surface area contributed by atoms with Crippen molar-refractivity contribution in [3.8, 4) is 11.5 Å². The van der Waals surface area contributed by atoms with Gasteiger partial charge in [0.1, 0.15) is 23.9 Å². The molecule has 0 saturated carbocycles. The molecule has 0 bridgehead atoms. The van der Waals surface area contributed by atoms with E-state index in [0.717, 1.165) is 0 Å². The first kappa shape index (κ1) is 20.3. The summed E-state index contributed by atoms with van der Waals surface area (Å²) in [6, 6.07) is 6.66. The molecule has 1 aromatic carbocycles. The van der Waals surface area contributed by atoms with E-state index in [4.69, 9.17) is 9.15 Å². The lowest BCUT2D eigenvalue weighted by atomic mass is 10.0. The number of hydrogen-bond donors (Lipinski definition) is 2. The van der Waals surface area contributed by atoms with Crippen LogP contribution in [0.15, 0.2) is 45.9 Å². The van der Waals surface area contributed by atoms with Gasteiger partial charge in [0, 0.05) is 31.6 Å². The van der Waals surface area contributed by atoms with Gasteiger partial charge in [0.2, 0.25) is 11.2 Å². The summed E-state index contributed by atoms with van der Waals surface area (Å²) < 4.78 is 12.3. The zero-order chi connectivity index (χ0) is 21.0. The molecule has 0 aliphatic rings. The highest BCUT2D eigenvalue weighted by molar-refractivity contribution is 6.00. The average molecular weight is 398 g/mol. The molecule has 0 fully saturated rings. The monoisotopic (exact) mass is 398 g/mol. The highest BCUT2D eigenvalue weighted by atomic mass is 16.5. The highest BCUT2D eigenvalue weighted by Gasteiger charge is 2.28. The number of ether oxygens (including phenoxy) is 1. The molecule has 0 aliphatic heterocycles. The minimum absolute atomic E-state index is 0.121. The predicted octanol–water partition coefficient (Wildman–Crippen LogP) is 1.55. The summed E-state index contributed by atoms with van der Waals surface area (Å²) in [6.07, 6.45) is 2.03. The van der Waals surface area contributed by atoms with Gasteiger partial charge in [-0.25, -0.2) is 4.98 Å². The largest absolute Gasteiger partial charge is 0.502 e. The van der Waals surface area contributed by atoms with E-state index in [0.29, 0.717) is 35.9 Å². The third kappa shape index (κ3) is 4.69. The van der Waals surface area contributed by atoms with Crippen molar-refractivity contribution in [3.05, 3.63) is 69.8 Å². The second-order valence-corrected chi connectivity index (χ2v) is 6.50. The number of carbonyl (C=O) groups is 1. The van der Waals surface area contributed by atoms with Crippen LogP contribution in [0, 0.1) is 6.92 Å². The summed E-state index contributed by atoms with van der Waals surface area (Å²) in [6.45, 7) is 1.91. The first-order valence-electron chi connectivity index (χ1n) is 8.99. The van der Waals surface area contributed by atoms with Crippen LogP contribution in [-0.4, -0.2) is 39.3 Å². The number of hydrogen-bond acceptors (Lipinski definition) is 8. The zero-order valence-corrected chi connectivity index (χ0v) is 16.4. The van der Waals surface area contributed by atoms with Crippen molar-refractivity contribution in [2.75, 3.05) is 13.7 Å². The molecule has 9 heteroatoms. The second-order valence-electron chi connectivity index (χ2n) is 6.50. The summed E-state index contributed by atoms with van der Waals surface area (Å²) >= 11 is 0. The third-order valence-corrected chi connectivity index (χ3v) is 4.32. The Hall–Kier alpha value is -3.46. The molecule has 152 valence electrons. The Morgan fingerprint density at radius 3 is 2.69 bits per heavy atom. The molecular formula is C20H22N4O5. The number of aromatic hydroxyl groups is 1. The second kappa shape index (κ2) is 8.70. The van der Waals surface area contributed by atoms with Gasteiger partial charge in [-0.15, -0.1) is 0 Å². The van der Waals surface area contributed by atoms with Crippen LogP contribution in [0.25, 0.3) is 0 Å². The molecule has 29 heavy (non-hydrogen) atoms. The molecule has 3 rings (SSSR count). The van der Waals surface area contributed by atoms with Gasteiger partial charge in [0.15, 0.2) is 17.4 Å². The van der Waals surface area contributed by atoms with Crippen LogP contribution in [0.4, 0.5) is 0 Å². The van der Waals surface area contributed by atoms with E-state index in [1.165, 1.54) is 13.2 Å². The fourth-order valence-corrected chi connectivity index (χ4v) is 2.87. The number of aromatic nitrogens is 3. The average Bonchev–Trinajstić information content (AvgIpc) is 3.13. The summed E-state index contributed by atoms with van der Waals surface area (Å²) in [5.41, 5.74) is -0.229. The van der Waals surface area contributed by atoms with E-state index < -0.39 is 17.2 Å². The number of ketones is 1. The van der Waals surface area contributed by atoms with Crippen LogP contribution < -0.4 is 15.5 Å². The van der Waals surface area contributed by atoms with E-state index in [-0.39, 0.29) is 11.5 Å². The highest BCUT2D eigenvalue weighted by Crippen LogP contribution is 2.26. The number of Topliss-reactive ketones (excluding diaryl/α,β-unsaturated/α-hetero) is 1. The number of aryl methyl sites for hydroxylation is 2. The fourth-order valence-electron chi connectivity index (χ4n) is 2.87. The van der Waals surface area contributed by atoms with Gasteiger partial charge in [-0.3, -0.25) is 14.3 Å². The Bertz CT molecular complexity index is 1060. The standard InChI is InChI=1S/C20H22N4O5/c1-12-10-15(25)19(27)20(29-12)17(21-9-8-16-22-11-24(2)23-16)18(26)13-4-6-14(28-3)7-5-13/h4-7,10-11,17,21,27H,8-9H2,1-3H3. The summed E-state index contributed by atoms with van der Waals surface area (Å²) in [4.78, 5) is 29.3. The first-order valence-corrected chi connectivity index (χ1v) is 8.99. The van der Waals surface area contributed by atoms with E-state index in [1.54, 1.807) is 49.2 Å². The number of rotatable bonds is 8. The minimum Gasteiger partial charge on any atom is -0.502 e. The molecule has 0 spiro atoms. The van der Waals surface area contributed by atoms with Gasteiger partial charge in [-0.05, 0) is 31.2 Å². The van der Waals surface area contributed by atoms with Crippen molar-refractivity contribution in [1.29, 1.82) is 0 Å². The molecule has 1 atom stereocenters. The molecular weight excluding hydrogens is 376 g/mol. The normalized spacial score (nSPS) is 12.0. The van der Waals surface area contributed by atoms with Crippen molar-refractivity contribution >= 4 is 5.78 Å². The van der Waals surface area contributed by atoms with Crippen molar-refractivity contribution in [2.24, 2.45) is 7.05 Å². The van der Waals surface area contributed by atoms with Gasteiger partial charge >= 0.3 is 0 Å². The lowest BCUT2D eigenvalue weighted by molar-refractivity contribution is 0.0926. The van der Waals surface area contributed by atoms with Crippen LogP contribution in [0.3, 0.4) is 0 Å². The fraction of sp³-hybridized carbons (Fsp3) is 0.300. The van der Waals surface area contributed by atoms with E-state index in [1.807, 2.05) is 0 Å². The topological polar surface area (TPSA) is 119 Å². The van der Waals surface area contributed by atoms with Crippen molar-refractivity contribution in [3.63, 3.8) is 0 Å². The molecule has 9 nitrogen and oxygen atoms in total. The summed E-state index contributed by atoms with van der Waals surface area (Å²) in [5, 5.41) is 17.5. The van der Waals surface area contributed by atoms with Crippen LogP contribution in [-0.2, 0) is 13.5 Å². The smallest absolute Gasteiger partial charge is 0.227 e. The van der Waals surface area contributed by atoms with Gasteiger partial charge in [-0.2, -0.15) is 5.10 Å². The predicted molar refractivity (Wildman–Crippen MR) is 104 cm³/mol. The van der Waals surface area contributed by atoms with E-state index in [9.17, 15) is 14.7 Å². The SMILES string of the molecule is COc1ccc(C(=O)C(NCCc2ncn(C)n2)c2oc(C)cc(=O)c2O)cc1. The van der Waals surface area contributed by atoms with Gasteiger partial charge in [-0.1, -0.05) is 0 Å². The number of nitrogens with one attached hydrogen (secondary N) is 1. The lowest BCUT2D eigenvalue weighted by Gasteiger charge is -2.18. The molecule has 0 saturated heterocycles. The Labute approximate surface area is 167 Å². The van der Waals surface area contributed by atoms with Gasteiger partial charge in [0.05, 0.1) is 7.11 Å². The molecule has 0 amide bonds. The first-order chi connectivity index (χ1) is 13.9. The number of methoxy groups -OCH3 is 1. The third-order valence-electron chi connectivity index (χ3n) is 4.32. The van der Waals surface area contributed by atoms with Crippen LogP contribution in [0.1, 0.15) is 33.7 Å². The zero-order valence-electron chi connectivity index (χ0n) is 16.4. The summed E-state index contributed by atoms with van der Waals surface area (Å²) in [5.74, 6) is 0.438. The van der Waals surface area contributed by atoms with Crippen molar-refractivity contribution < 1.29 is 19.1 Å². The van der Waals surface area contributed by atoms with Crippen LogP contribution in [0.5, 0.6) is 11.5 Å². The van der Waals surface area contributed by atoms with E-state index >= 15 is 0 Å². The number of benzene rings is 1. The molecule has 2 aromatic heterocycles. The Morgan fingerprint density at radius 1 is 1.34 bits per heavy atom. The van der Waals surface area contributed by atoms with E-state index in [2.05, 4.69) is 15.4 Å². The minimum atomic E-state index is -1.06. The Kier molecular flexibility index (Phi) is 6.08. The molecule has 2 N–H and O–H groups in total. The Balaban J connectivity index is 1.89. The maximum Gasteiger partial charge on any atom is 0.227 e. The quantitative estimate of drug-likeness (QED) is 0.549. The van der Waals surface area contributed by atoms with Crippen molar-refractivity contribution in [2.45, 2.75) is 19.4 Å². The van der Waals surface area contributed by atoms with Crippen molar-refractivity contribution in [1.82, 2.24) is 20.1 Å². The Morgan fingerprint density at radius 2 is 2.07 bits per heavy atom. The van der Waals surface area contributed by atoms with Crippen LogP contribution in [0.2, 0.25) is 0 Å². The maximum atomic E-state index is 13.2. The molecule has 0 aliphatic carbocycles. The molecule has 3 aromatic rings. The van der Waals surface area contributed by atoms with Crippen LogP contribution >= 0.6 is 0 Å². The van der Waals surface area contributed by atoms with Gasteiger partial charge in [0.25, 0.3) is 0 Å². The summed E-state index contributed by atoms with van der Waals surface area (Å²) in [7, 11) is 3.30.